The van der Waals surface area contributed by atoms with E-state index in [1.165, 1.54) is 18.7 Å². The molecule has 0 aliphatic carbocycles. The van der Waals surface area contributed by atoms with Crippen LogP contribution in [0.2, 0.25) is 0 Å². The van der Waals surface area contributed by atoms with E-state index in [1.54, 1.807) is 30.5 Å². The van der Waals surface area contributed by atoms with Crippen LogP contribution in [0.15, 0.2) is 47.1 Å². The van der Waals surface area contributed by atoms with Crippen molar-refractivity contribution in [1.29, 1.82) is 0 Å². The van der Waals surface area contributed by atoms with Crippen LogP contribution in [0.5, 0.6) is 0 Å². The Balaban J connectivity index is 1.91. The summed E-state index contributed by atoms with van der Waals surface area (Å²) in [4.78, 5) is 23.4. The van der Waals surface area contributed by atoms with E-state index in [4.69, 9.17) is 4.42 Å². The molecule has 1 atom stereocenters. The Morgan fingerprint density at radius 1 is 1.29 bits per heavy atom. The predicted octanol–water partition coefficient (Wildman–Crippen LogP) is 3.74. The number of thioether (sulfide) groups is 1. The van der Waals surface area contributed by atoms with Crippen LogP contribution in [-0.2, 0) is 10.5 Å². The molecule has 1 aromatic carbocycles. The molecule has 1 heterocycles. The van der Waals surface area contributed by atoms with Crippen LogP contribution in [0.1, 0.15) is 30.0 Å². The molecule has 1 unspecified atom stereocenters. The summed E-state index contributed by atoms with van der Waals surface area (Å²) in [7, 11) is 0. The number of carbonyl (C=O) groups excluding carboxylic acids is 2. The van der Waals surface area contributed by atoms with Gasteiger partial charge in [-0.1, -0.05) is 12.1 Å². The second kappa shape index (κ2) is 7.13. The number of carbonyl (C=O) groups is 2. The Hall–Kier alpha value is -2.01. The summed E-state index contributed by atoms with van der Waals surface area (Å²) in [5.41, 5.74) is 1.22. The summed E-state index contributed by atoms with van der Waals surface area (Å²) in [6.07, 6.45) is 1.62. The first kappa shape index (κ1) is 15.4. The minimum atomic E-state index is -0.212. The molecular weight excluding hydrogens is 286 g/mol. The van der Waals surface area contributed by atoms with Crippen molar-refractivity contribution in [3.05, 3.63) is 54.0 Å². The smallest absolute Gasteiger partial charge is 0.237 e. The number of hydrogen-bond donors (Lipinski definition) is 1. The van der Waals surface area contributed by atoms with Gasteiger partial charge >= 0.3 is 0 Å². The van der Waals surface area contributed by atoms with E-state index in [1.807, 2.05) is 19.1 Å². The second-order valence-corrected chi connectivity index (χ2v) is 5.99. The zero-order valence-electron chi connectivity index (χ0n) is 12.0. The van der Waals surface area contributed by atoms with Crippen molar-refractivity contribution >= 4 is 29.1 Å². The molecule has 0 aliphatic heterocycles. The van der Waals surface area contributed by atoms with Gasteiger partial charge in [0.1, 0.15) is 5.76 Å². The van der Waals surface area contributed by atoms with Crippen LogP contribution < -0.4 is 5.32 Å². The fourth-order valence-electron chi connectivity index (χ4n) is 1.74. The molecule has 1 amide bonds. The third-order valence-electron chi connectivity index (χ3n) is 2.96. The highest BCUT2D eigenvalue weighted by molar-refractivity contribution is 7.99. The van der Waals surface area contributed by atoms with E-state index >= 15 is 0 Å². The Labute approximate surface area is 127 Å². The molecule has 0 bridgehead atoms. The molecule has 1 N–H and O–H groups in total. The third-order valence-corrected chi connectivity index (χ3v) is 4.13. The average molecular weight is 303 g/mol. The lowest BCUT2D eigenvalue weighted by Crippen LogP contribution is -2.22. The van der Waals surface area contributed by atoms with Gasteiger partial charge in [-0.05, 0) is 38.1 Å². The number of hydrogen-bond acceptors (Lipinski definition) is 4. The van der Waals surface area contributed by atoms with E-state index < -0.39 is 0 Å². The number of ketones is 1. The number of Topliss-reactive ketones (excluding diaryl/α,β-unsaturated/α-hetero) is 1. The molecule has 2 aromatic rings. The van der Waals surface area contributed by atoms with Gasteiger partial charge in [0.05, 0.1) is 17.3 Å². The van der Waals surface area contributed by atoms with Crippen molar-refractivity contribution in [2.75, 3.05) is 5.32 Å². The zero-order valence-corrected chi connectivity index (χ0v) is 12.8. The Kier molecular flexibility index (Phi) is 5.22. The summed E-state index contributed by atoms with van der Waals surface area (Å²) >= 11 is 1.50. The van der Waals surface area contributed by atoms with Gasteiger partial charge in [0.25, 0.3) is 0 Å². The maximum absolute atomic E-state index is 12.1. The number of benzene rings is 1. The maximum Gasteiger partial charge on any atom is 0.237 e. The van der Waals surface area contributed by atoms with Gasteiger partial charge in [-0.2, -0.15) is 0 Å². The minimum Gasteiger partial charge on any atom is -0.468 e. The van der Waals surface area contributed by atoms with Crippen molar-refractivity contribution < 1.29 is 14.0 Å². The van der Waals surface area contributed by atoms with Crippen molar-refractivity contribution in [2.24, 2.45) is 0 Å². The Morgan fingerprint density at radius 3 is 2.76 bits per heavy atom. The number of furan rings is 1. The van der Waals surface area contributed by atoms with Crippen LogP contribution >= 0.6 is 11.8 Å². The van der Waals surface area contributed by atoms with Crippen LogP contribution in [0.4, 0.5) is 5.69 Å². The highest BCUT2D eigenvalue weighted by atomic mass is 32.2. The van der Waals surface area contributed by atoms with Gasteiger partial charge in [-0.15, -0.1) is 11.8 Å². The van der Waals surface area contributed by atoms with Gasteiger partial charge in [-0.3, -0.25) is 9.59 Å². The van der Waals surface area contributed by atoms with Crippen LogP contribution in [-0.4, -0.2) is 16.9 Å². The zero-order chi connectivity index (χ0) is 15.2. The second-order valence-electron chi connectivity index (χ2n) is 4.66. The number of rotatable bonds is 6. The molecule has 5 heteroatoms. The first-order chi connectivity index (χ1) is 10.1. The lowest BCUT2D eigenvalue weighted by molar-refractivity contribution is -0.115. The predicted molar refractivity (Wildman–Crippen MR) is 84.5 cm³/mol. The molecular formula is C16H17NO3S. The van der Waals surface area contributed by atoms with Crippen molar-refractivity contribution in [1.82, 2.24) is 0 Å². The molecule has 0 spiro atoms. The van der Waals surface area contributed by atoms with E-state index in [2.05, 4.69) is 5.32 Å². The Bertz CT molecular complexity index is 622. The first-order valence-electron chi connectivity index (χ1n) is 6.62. The van der Waals surface area contributed by atoms with Gasteiger partial charge < -0.3 is 9.73 Å². The Morgan fingerprint density at radius 2 is 2.10 bits per heavy atom. The van der Waals surface area contributed by atoms with Crippen molar-refractivity contribution in [3.63, 3.8) is 0 Å². The molecule has 110 valence electrons. The summed E-state index contributed by atoms with van der Waals surface area (Å²) in [5, 5.41) is 2.61. The number of amides is 1. The number of anilines is 1. The van der Waals surface area contributed by atoms with E-state index in [-0.39, 0.29) is 16.9 Å². The van der Waals surface area contributed by atoms with E-state index in [9.17, 15) is 9.59 Å². The standard InChI is InChI=1S/C16H17NO3S/c1-11(18)13-5-3-6-14(9-13)17-16(19)12(2)21-10-15-7-4-8-20-15/h3-9,12H,10H2,1-2H3,(H,17,19). The lowest BCUT2D eigenvalue weighted by atomic mass is 10.1. The number of nitrogens with one attached hydrogen (secondary N) is 1. The average Bonchev–Trinajstić information content (AvgIpc) is 2.98. The largest absolute Gasteiger partial charge is 0.468 e. The van der Waals surface area contributed by atoms with Gasteiger partial charge in [0.15, 0.2) is 5.78 Å². The SMILES string of the molecule is CC(=O)c1cccc(NC(=O)C(C)SCc2ccco2)c1. The molecule has 0 aliphatic rings. The van der Waals surface area contributed by atoms with Crippen LogP contribution in [0.3, 0.4) is 0 Å². The van der Waals surface area contributed by atoms with Crippen LogP contribution in [0.25, 0.3) is 0 Å². The van der Waals surface area contributed by atoms with E-state index in [0.29, 0.717) is 17.0 Å². The molecule has 21 heavy (non-hydrogen) atoms. The first-order valence-corrected chi connectivity index (χ1v) is 7.67. The third kappa shape index (κ3) is 4.49. The van der Waals surface area contributed by atoms with Crippen LogP contribution in [0, 0.1) is 0 Å². The highest BCUT2D eigenvalue weighted by Gasteiger charge is 2.14. The quantitative estimate of drug-likeness (QED) is 0.826. The molecule has 0 radical (unpaired) electrons. The summed E-state index contributed by atoms with van der Waals surface area (Å²) < 4.78 is 5.23. The molecule has 1 aromatic heterocycles. The molecule has 0 saturated heterocycles. The van der Waals surface area contributed by atoms with Crippen molar-refractivity contribution in [2.45, 2.75) is 24.9 Å². The summed E-state index contributed by atoms with van der Waals surface area (Å²) in [6, 6.07) is 10.7. The molecule has 4 nitrogen and oxygen atoms in total. The fraction of sp³-hybridized carbons (Fsp3) is 0.250. The fourth-order valence-corrected chi connectivity index (χ4v) is 2.53. The van der Waals surface area contributed by atoms with Gasteiger partial charge in [-0.25, -0.2) is 0 Å². The minimum absolute atomic E-state index is 0.0219. The molecule has 0 fully saturated rings. The summed E-state index contributed by atoms with van der Waals surface area (Å²) in [6.45, 7) is 3.35. The highest BCUT2D eigenvalue weighted by Crippen LogP contribution is 2.20. The molecule has 0 saturated carbocycles. The lowest BCUT2D eigenvalue weighted by Gasteiger charge is -2.11. The maximum atomic E-state index is 12.1. The van der Waals surface area contributed by atoms with Gasteiger partial charge in [0.2, 0.25) is 5.91 Å². The normalized spacial score (nSPS) is 11.9. The summed E-state index contributed by atoms with van der Waals surface area (Å²) in [5.74, 6) is 1.38. The van der Waals surface area contributed by atoms with E-state index in [0.717, 1.165) is 5.76 Å². The monoisotopic (exact) mass is 303 g/mol. The van der Waals surface area contributed by atoms with Crippen molar-refractivity contribution in [3.8, 4) is 0 Å². The molecule has 2 rings (SSSR count). The van der Waals surface area contributed by atoms with Gasteiger partial charge in [0, 0.05) is 11.3 Å². The topological polar surface area (TPSA) is 59.3 Å².